The molecule has 3 heterocycles. The van der Waals surface area contributed by atoms with E-state index in [0.717, 1.165) is 49.4 Å². The number of nitrogens with one attached hydrogen (secondary N) is 1. The second kappa shape index (κ2) is 8.59. The molecule has 2 fully saturated rings. The predicted octanol–water partition coefficient (Wildman–Crippen LogP) is 3.06. The lowest BCUT2D eigenvalue weighted by molar-refractivity contribution is -0.283. The van der Waals surface area contributed by atoms with Crippen LogP contribution in [0.25, 0.3) is 0 Å². The summed E-state index contributed by atoms with van der Waals surface area (Å²) >= 11 is 1.14. The Kier molecular flexibility index (Phi) is 6.42. The zero-order valence-electron chi connectivity index (χ0n) is 15.1. The molecule has 0 radical (unpaired) electrons. The molecule has 7 heteroatoms. The molecule has 2 N–H and O–H groups in total. The summed E-state index contributed by atoms with van der Waals surface area (Å²) in [5, 5.41) is 13.7. The van der Waals surface area contributed by atoms with E-state index < -0.39 is 17.9 Å². The summed E-state index contributed by atoms with van der Waals surface area (Å²) in [5.41, 5.74) is 0.982. The molecule has 0 unspecified atom stereocenters. The van der Waals surface area contributed by atoms with E-state index in [-0.39, 0.29) is 23.7 Å². The molecule has 0 aliphatic carbocycles. The lowest BCUT2D eigenvalue weighted by Gasteiger charge is -2.43. The van der Waals surface area contributed by atoms with E-state index in [1.54, 1.807) is 0 Å². The van der Waals surface area contributed by atoms with Crippen LogP contribution in [0.3, 0.4) is 0 Å². The van der Waals surface area contributed by atoms with Crippen LogP contribution < -0.4 is 5.32 Å². The molecule has 0 aromatic heterocycles. The number of fused-ring (bicyclic) bond motifs is 2. The fraction of sp³-hybridized carbons (Fsp3) is 0.684. The van der Waals surface area contributed by atoms with Gasteiger partial charge in [-0.2, -0.15) is 0 Å². The van der Waals surface area contributed by atoms with E-state index in [0.29, 0.717) is 12.2 Å². The Hall–Kier alpha value is -1.31. The van der Waals surface area contributed by atoms with Gasteiger partial charge in [-0.15, -0.1) is 0 Å². The van der Waals surface area contributed by atoms with E-state index in [2.05, 4.69) is 17.5 Å². The number of carbonyl (C=O) groups excluding carboxylic acids is 2. The Morgan fingerprint density at radius 2 is 2.08 bits per heavy atom. The summed E-state index contributed by atoms with van der Waals surface area (Å²) in [6.07, 6.45) is 10.4. The molecule has 2 saturated heterocycles. The minimum atomic E-state index is -1.50. The van der Waals surface area contributed by atoms with Crippen molar-refractivity contribution < 1.29 is 24.2 Å². The number of thioether (sulfide) groups is 1. The van der Waals surface area contributed by atoms with Gasteiger partial charge in [0.2, 0.25) is 0 Å². The third kappa shape index (κ3) is 5.11. The fourth-order valence-electron chi connectivity index (χ4n) is 3.69. The van der Waals surface area contributed by atoms with Crippen molar-refractivity contribution in [1.82, 2.24) is 5.32 Å². The molecular weight excluding hydrogens is 354 g/mol. The number of carbonyl (C=O) groups is 2. The molecule has 3 aliphatic rings. The van der Waals surface area contributed by atoms with Crippen molar-refractivity contribution in [2.24, 2.45) is 0 Å². The van der Waals surface area contributed by atoms with Crippen LogP contribution in [0.5, 0.6) is 0 Å². The predicted molar refractivity (Wildman–Crippen MR) is 99.7 cm³/mol. The van der Waals surface area contributed by atoms with Crippen LogP contribution >= 0.6 is 11.8 Å². The Labute approximate surface area is 158 Å². The van der Waals surface area contributed by atoms with Crippen LogP contribution in [-0.2, 0) is 14.3 Å². The Morgan fingerprint density at radius 1 is 1.27 bits per heavy atom. The molecule has 3 aliphatic heterocycles. The standard InChI is InChI=1S/C19H27NO5S/c1-13-7-5-3-2-4-6-8-14-10-15(24-17(21)9-13)11-19(23,25-14)16-12-26-18(22)20-16/h2-3,9,14-16,23H,4-8,10-12H2,1H3,(H,20,22)/t14-,15-,16+,19-/m1/s1. The minimum Gasteiger partial charge on any atom is -0.459 e. The van der Waals surface area contributed by atoms with Gasteiger partial charge in [-0.05, 0) is 39.0 Å². The highest BCUT2D eigenvalue weighted by Gasteiger charge is 2.49. The molecule has 1 amide bonds. The van der Waals surface area contributed by atoms with E-state index in [4.69, 9.17) is 9.47 Å². The second-order valence-corrected chi connectivity index (χ2v) is 8.30. The number of amides is 1. The number of allylic oxidation sites excluding steroid dienone is 3. The van der Waals surface area contributed by atoms with Crippen molar-refractivity contribution in [2.75, 3.05) is 5.75 Å². The first-order valence-electron chi connectivity index (χ1n) is 9.31. The van der Waals surface area contributed by atoms with Crippen molar-refractivity contribution >= 4 is 23.0 Å². The summed E-state index contributed by atoms with van der Waals surface area (Å²) in [7, 11) is 0. The Bertz CT molecular complexity index is 605. The van der Waals surface area contributed by atoms with Gasteiger partial charge in [0.05, 0.1) is 12.1 Å². The summed E-state index contributed by atoms with van der Waals surface area (Å²) in [5.74, 6) is -1.43. The Balaban J connectivity index is 1.76. The van der Waals surface area contributed by atoms with Crippen LogP contribution in [-0.4, -0.2) is 46.1 Å². The summed E-state index contributed by atoms with van der Waals surface area (Å²) in [6, 6.07) is -0.486. The molecule has 0 saturated carbocycles. The van der Waals surface area contributed by atoms with Gasteiger partial charge in [0, 0.05) is 24.7 Å². The first-order chi connectivity index (χ1) is 12.4. The van der Waals surface area contributed by atoms with Gasteiger partial charge < -0.3 is 19.9 Å². The molecule has 6 nitrogen and oxygen atoms in total. The third-order valence-corrected chi connectivity index (χ3v) is 5.93. The average molecular weight is 381 g/mol. The average Bonchev–Trinajstić information content (AvgIpc) is 3.00. The van der Waals surface area contributed by atoms with Crippen molar-refractivity contribution in [2.45, 2.75) is 75.9 Å². The van der Waals surface area contributed by atoms with Crippen LogP contribution in [0.2, 0.25) is 0 Å². The van der Waals surface area contributed by atoms with Gasteiger partial charge in [-0.1, -0.05) is 29.5 Å². The molecule has 26 heavy (non-hydrogen) atoms. The van der Waals surface area contributed by atoms with Gasteiger partial charge in [0.15, 0.2) is 5.79 Å². The van der Waals surface area contributed by atoms with E-state index >= 15 is 0 Å². The van der Waals surface area contributed by atoms with Gasteiger partial charge >= 0.3 is 5.97 Å². The van der Waals surface area contributed by atoms with Gasteiger partial charge in [0.25, 0.3) is 5.24 Å². The molecule has 2 bridgehead atoms. The first kappa shape index (κ1) is 19.5. The largest absolute Gasteiger partial charge is 0.459 e. The van der Waals surface area contributed by atoms with Crippen LogP contribution in [0, 0.1) is 0 Å². The fourth-order valence-corrected chi connectivity index (χ4v) is 4.58. The highest BCUT2D eigenvalue weighted by Crippen LogP contribution is 2.36. The van der Waals surface area contributed by atoms with Crippen molar-refractivity contribution in [3.63, 3.8) is 0 Å². The zero-order valence-corrected chi connectivity index (χ0v) is 15.9. The van der Waals surface area contributed by atoms with E-state index in [1.165, 1.54) is 6.08 Å². The smallest absolute Gasteiger partial charge is 0.330 e. The van der Waals surface area contributed by atoms with E-state index in [1.807, 2.05) is 6.92 Å². The van der Waals surface area contributed by atoms with Crippen LogP contribution in [0.1, 0.15) is 51.9 Å². The number of aliphatic hydroxyl groups is 1. The van der Waals surface area contributed by atoms with E-state index in [9.17, 15) is 14.7 Å². The minimum absolute atomic E-state index is 0.159. The molecule has 4 atom stereocenters. The highest BCUT2D eigenvalue weighted by atomic mass is 32.2. The first-order valence-corrected chi connectivity index (χ1v) is 10.3. The monoisotopic (exact) mass is 381 g/mol. The highest BCUT2D eigenvalue weighted by molar-refractivity contribution is 8.14. The molecular formula is C19H27NO5S. The summed E-state index contributed by atoms with van der Waals surface area (Å²) in [4.78, 5) is 23.8. The lowest BCUT2D eigenvalue weighted by atomic mass is 9.91. The van der Waals surface area contributed by atoms with Crippen LogP contribution in [0.4, 0.5) is 4.79 Å². The quantitative estimate of drug-likeness (QED) is 0.536. The lowest BCUT2D eigenvalue weighted by Crippen LogP contribution is -2.58. The number of ether oxygens (including phenoxy) is 2. The van der Waals surface area contributed by atoms with Gasteiger partial charge in [-0.25, -0.2) is 4.79 Å². The number of hydrogen-bond acceptors (Lipinski definition) is 6. The van der Waals surface area contributed by atoms with Crippen molar-refractivity contribution in [3.8, 4) is 0 Å². The number of rotatable bonds is 1. The Morgan fingerprint density at radius 3 is 2.85 bits per heavy atom. The molecule has 3 rings (SSSR count). The SMILES string of the molecule is CC1=CC(=O)O[C@@H]2C[C@@H](CCCC=CCC1)O[C@@](O)([C@@H]1CSC(=O)N1)C2. The summed E-state index contributed by atoms with van der Waals surface area (Å²) in [6.45, 7) is 1.93. The third-order valence-electron chi connectivity index (χ3n) is 5.05. The maximum Gasteiger partial charge on any atom is 0.330 e. The van der Waals surface area contributed by atoms with Crippen LogP contribution in [0.15, 0.2) is 23.8 Å². The number of esters is 1. The maximum atomic E-state index is 12.2. The molecule has 144 valence electrons. The normalized spacial score (nSPS) is 36.7. The summed E-state index contributed by atoms with van der Waals surface area (Å²) < 4.78 is 11.6. The molecule has 0 spiro atoms. The van der Waals surface area contributed by atoms with Crippen molar-refractivity contribution in [3.05, 3.63) is 23.8 Å². The zero-order chi connectivity index (χ0) is 18.6. The second-order valence-electron chi connectivity index (χ2n) is 7.31. The van der Waals surface area contributed by atoms with Crippen molar-refractivity contribution in [1.29, 1.82) is 0 Å². The van der Waals surface area contributed by atoms with Gasteiger partial charge in [-0.3, -0.25) is 4.79 Å². The maximum absolute atomic E-state index is 12.2. The number of hydrogen-bond donors (Lipinski definition) is 2. The topological polar surface area (TPSA) is 84.9 Å². The molecule has 0 aromatic rings. The van der Waals surface area contributed by atoms with Gasteiger partial charge in [0.1, 0.15) is 6.10 Å². The molecule has 0 aromatic carbocycles.